The average molecular weight is 288 g/mol. The number of nitrogens with zero attached hydrogens (tertiary/aromatic N) is 2. The highest BCUT2D eigenvalue weighted by Gasteiger charge is 2.28. The minimum absolute atomic E-state index is 0.0134. The lowest BCUT2D eigenvalue weighted by Crippen LogP contribution is -2.42. The van der Waals surface area contributed by atoms with Gasteiger partial charge in [0.05, 0.1) is 10.5 Å². The molecule has 0 radical (unpaired) electrons. The highest BCUT2D eigenvalue weighted by molar-refractivity contribution is 7.89. The zero-order valence-electron chi connectivity index (χ0n) is 11.3. The maximum Gasteiger partial charge on any atom is 0.243 e. The van der Waals surface area contributed by atoms with E-state index in [4.69, 9.17) is 5.84 Å². The van der Waals surface area contributed by atoms with Crippen molar-refractivity contribution in [1.29, 1.82) is 0 Å². The summed E-state index contributed by atoms with van der Waals surface area (Å²) < 4.78 is 26.1. The van der Waals surface area contributed by atoms with Crippen LogP contribution in [0, 0.1) is 0 Å². The quantitative estimate of drug-likeness (QED) is 0.508. The number of nitrogens with one attached hydrogen (secondary N) is 1. The fourth-order valence-corrected chi connectivity index (χ4v) is 3.22. The molecule has 19 heavy (non-hydrogen) atoms. The van der Waals surface area contributed by atoms with Crippen LogP contribution in [0.4, 0.5) is 5.82 Å². The van der Waals surface area contributed by atoms with Gasteiger partial charge in [0.1, 0.15) is 5.82 Å². The fourth-order valence-electron chi connectivity index (χ4n) is 1.60. The van der Waals surface area contributed by atoms with Gasteiger partial charge in [-0.25, -0.2) is 19.2 Å². The zero-order valence-corrected chi connectivity index (χ0v) is 12.1. The lowest BCUT2D eigenvalue weighted by molar-refractivity contribution is 0.0601. The molecule has 0 saturated heterocycles. The zero-order chi connectivity index (χ0) is 14.7. The van der Waals surface area contributed by atoms with E-state index in [9.17, 15) is 13.5 Å². The predicted octanol–water partition coefficient (Wildman–Crippen LogP) is 0.149. The van der Waals surface area contributed by atoms with Gasteiger partial charge in [-0.3, -0.25) is 0 Å². The lowest BCUT2D eigenvalue weighted by Gasteiger charge is -2.27. The third-order valence-electron chi connectivity index (χ3n) is 2.43. The first-order valence-electron chi connectivity index (χ1n) is 5.86. The third kappa shape index (κ3) is 4.13. The predicted molar refractivity (Wildman–Crippen MR) is 72.8 cm³/mol. The summed E-state index contributed by atoms with van der Waals surface area (Å²) in [5.41, 5.74) is 1.20. The summed E-state index contributed by atoms with van der Waals surface area (Å²) >= 11 is 0. The SMILES string of the molecule is CCN(CC(C)(C)O)S(=O)(=O)c1ccnc(NN)c1. The summed E-state index contributed by atoms with van der Waals surface area (Å²) in [6, 6.07) is 2.74. The van der Waals surface area contributed by atoms with Crippen LogP contribution in [-0.2, 0) is 10.0 Å². The van der Waals surface area contributed by atoms with E-state index in [-0.39, 0.29) is 23.8 Å². The molecule has 0 fully saturated rings. The Morgan fingerprint density at radius 2 is 2.16 bits per heavy atom. The van der Waals surface area contributed by atoms with Crippen LogP contribution in [0.5, 0.6) is 0 Å². The molecule has 0 bridgehead atoms. The van der Waals surface area contributed by atoms with Crippen molar-refractivity contribution in [2.45, 2.75) is 31.3 Å². The van der Waals surface area contributed by atoms with Crippen LogP contribution >= 0.6 is 0 Å². The Balaban J connectivity index is 3.13. The molecule has 0 unspecified atom stereocenters. The number of aliphatic hydroxyl groups is 1. The van der Waals surface area contributed by atoms with Gasteiger partial charge in [-0.1, -0.05) is 6.92 Å². The minimum Gasteiger partial charge on any atom is -0.389 e. The second kappa shape index (κ2) is 5.83. The van der Waals surface area contributed by atoms with E-state index in [1.54, 1.807) is 20.8 Å². The summed E-state index contributed by atoms with van der Waals surface area (Å²) in [5.74, 6) is 5.48. The van der Waals surface area contributed by atoms with E-state index in [2.05, 4.69) is 10.4 Å². The molecule has 0 spiro atoms. The van der Waals surface area contributed by atoms with Gasteiger partial charge in [0.15, 0.2) is 0 Å². The number of rotatable bonds is 6. The molecular weight excluding hydrogens is 268 g/mol. The van der Waals surface area contributed by atoms with Crippen molar-refractivity contribution < 1.29 is 13.5 Å². The number of likely N-dealkylation sites (N-methyl/N-ethyl adjacent to an activating group) is 1. The van der Waals surface area contributed by atoms with Crippen LogP contribution in [0.15, 0.2) is 23.2 Å². The van der Waals surface area contributed by atoms with Crippen LogP contribution in [0.3, 0.4) is 0 Å². The van der Waals surface area contributed by atoms with Gasteiger partial charge in [-0.2, -0.15) is 4.31 Å². The number of sulfonamides is 1. The number of hydrogen-bond donors (Lipinski definition) is 3. The van der Waals surface area contributed by atoms with E-state index in [1.807, 2.05) is 0 Å². The van der Waals surface area contributed by atoms with E-state index in [0.29, 0.717) is 0 Å². The van der Waals surface area contributed by atoms with Crippen molar-refractivity contribution in [1.82, 2.24) is 9.29 Å². The summed E-state index contributed by atoms with van der Waals surface area (Å²) in [5, 5.41) is 9.78. The highest BCUT2D eigenvalue weighted by atomic mass is 32.2. The third-order valence-corrected chi connectivity index (χ3v) is 4.35. The van der Waals surface area contributed by atoms with E-state index < -0.39 is 15.6 Å². The van der Waals surface area contributed by atoms with Crippen LogP contribution in [0.25, 0.3) is 0 Å². The van der Waals surface area contributed by atoms with Gasteiger partial charge in [0, 0.05) is 25.4 Å². The Morgan fingerprint density at radius 3 is 2.63 bits per heavy atom. The van der Waals surface area contributed by atoms with E-state index in [0.717, 1.165) is 0 Å². The van der Waals surface area contributed by atoms with Crippen LogP contribution in [-0.4, -0.2) is 41.5 Å². The minimum atomic E-state index is -3.68. The van der Waals surface area contributed by atoms with Crippen molar-refractivity contribution in [3.63, 3.8) is 0 Å². The van der Waals surface area contributed by atoms with Gasteiger partial charge >= 0.3 is 0 Å². The number of hydrogen-bond acceptors (Lipinski definition) is 6. The molecule has 0 aliphatic rings. The molecule has 108 valence electrons. The van der Waals surface area contributed by atoms with E-state index >= 15 is 0 Å². The number of pyridine rings is 1. The average Bonchev–Trinajstić information content (AvgIpc) is 2.34. The maximum absolute atomic E-state index is 12.4. The second-order valence-corrected chi connectivity index (χ2v) is 6.70. The summed E-state index contributed by atoms with van der Waals surface area (Å²) in [7, 11) is -3.68. The molecule has 1 rings (SSSR count). The van der Waals surface area contributed by atoms with Gasteiger partial charge in [0.2, 0.25) is 10.0 Å². The number of aromatic nitrogens is 1. The molecule has 0 atom stereocenters. The molecule has 0 amide bonds. The van der Waals surface area contributed by atoms with Crippen molar-refractivity contribution in [2.24, 2.45) is 5.84 Å². The van der Waals surface area contributed by atoms with E-state index in [1.165, 1.54) is 22.6 Å². The molecule has 1 aromatic heterocycles. The van der Waals surface area contributed by atoms with Gasteiger partial charge in [-0.15, -0.1) is 0 Å². The molecule has 1 aromatic rings. The van der Waals surface area contributed by atoms with Crippen LogP contribution in [0.2, 0.25) is 0 Å². The summed E-state index contributed by atoms with van der Waals surface area (Å²) in [6.07, 6.45) is 1.36. The van der Waals surface area contributed by atoms with Crippen molar-refractivity contribution in [3.05, 3.63) is 18.3 Å². The first-order valence-corrected chi connectivity index (χ1v) is 7.30. The number of nitrogen functional groups attached to an aromatic ring is 1. The maximum atomic E-state index is 12.4. The van der Waals surface area contributed by atoms with Crippen LogP contribution in [0.1, 0.15) is 20.8 Å². The van der Waals surface area contributed by atoms with Crippen molar-refractivity contribution in [2.75, 3.05) is 18.5 Å². The summed E-state index contributed by atoms with van der Waals surface area (Å²) in [4.78, 5) is 3.95. The molecule has 0 aliphatic carbocycles. The molecule has 0 saturated carbocycles. The van der Waals surface area contributed by atoms with Gasteiger partial charge in [-0.05, 0) is 19.9 Å². The summed E-state index contributed by atoms with van der Waals surface area (Å²) in [6.45, 7) is 5.11. The molecule has 7 nitrogen and oxygen atoms in total. The Morgan fingerprint density at radius 1 is 1.53 bits per heavy atom. The lowest BCUT2D eigenvalue weighted by atomic mass is 10.1. The Bertz CT molecular complexity index is 525. The largest absolute Gasteiger partial charge is 0.389 e. The van der Waals surface area contributed by atoms with Crippen molar-refractivity contribution in [3.8, 4) is 0 Å². The molecule has 8 heteroatoms. The smallest absolute Gasteiger partial charge is 0.243 e. The first-order chi connectivity index (χ1) is 8.70. The number of hydrazine groups is 1. The molecule has 1 heterocycles. The molecule has 0 aromatic carbocycles. The molecule has 4 N–H and O–H groups in total. The normalized spacial score (nSPS) is 12.7. The molecular formula is C11H20N4O3S. The number of anilines is 1. The Labute approximate surface area is 113 Å². The fraction of sp³-hybridized carbons (Fsp3) is 0.545. The monoisotopic (exact) mass is 288 g/mol. The second-order valence-electron chi connectivity index (χ2n) is 4.76. The standard InChI is InChI=1S/C11H20N4O3S/c1-4-15(8-11(2,3)16)19(17,18)9-5-6-13-10(7-9)14-12/h5-7,16H,4,8,12H2,1-3H3,(H,13,14). The first kappa shape index (κ1) is 15.8. The Hall–Kier alpha value is -1.22. The van der Waals surface area contributed by atoms with Gasteiger partial charge in [0.25, 0.3) is 0 Å². The highest BCUT2D eigenvalue weighted by Crippen LogP contribution is 2.19. The molecule has 0 aliphatic heterocycles. The van der Waals surface area contributed by atoms with Crippen LogP contribution < -0.4 is 11.3 Å². The topological polar surface area (TPSA) is 109 Å². The van der Waals surface area contributed by atoms with Crippen molar-refractivity contribution >= 4 is 15.8 Å². The number of nitrogens with two attached hydrogens (primary N) is 1. The van der Waals surface area contributed by atoms with Gasteiger partial charge < -0.3 is 10.5 Å². The Kier molecular flexibility index (Phi) is 4.86.